The van der Waals surface area contributed by atoms with Crippen LogP contribution in [0.4, 0.5) is 4.79 Å². The van der Waals surface area contributed by atoms with Gasteiger partial charge in [0, 0.05) is 5.56 Å². The van der Waals surface area contributed by atoms with Gasteiger partial charge in [-0.25, -0.2) is 4.79 Å². The summed E-state index contributed by atoms with van der Waals surface area (Å²) in [7, 11) is 0. The minimum Gasteiger partial charge on any atom is -0.491 e. The van der Waals surface area contributed by atoms with Crippen molar-refractivity contribution in [3.8, 4) is 16.9 Å². The quantitative estimate of drug-likeness (QED) is 0.0528. The normalized spacial score (nSPS) is 16.0. The lowest BCUT2D eigenvalue weighted by Gasteiger charge is -2.12. The van der Waals surface area contributed by atoms with Gasteiger partial charge in [0.1, 0.15) is 18.2 Å². The van der Waals surface area contributed by atoms with Crippen molar-refractivity contribution in [1.29, 1.82) is 0 Å². The minimum absolute atomic E-state index is 0.0881. The second-order valence-electron chi connectivity index (χ2n) is 12.8. The van der Waals surface area contributed by atoms with E-state index in [2.05, 4.69) is 17.2 Å². The van der Waals surface area contributed by atoms with E-state index in [1.807, 2.05) is 48.5 Å². The molecule has 0 aromatic heterocycles. The van der Waals surface area contributed by atoms with E-state index in [1.54, 1.807) is 6.92 Å². The number of unbranched alkanes of at least 4 members (excludes halogenated alkanes) is 13. The van der Waals surface area contributed by atoms with Crippen LogP contribution >= 0.6 is 0 Å². The first kappa shape index (κ1) is 38.6. The molecule has 9 heteroatoms. The van der Waals surface area contributed by atoms with E-state index >= 15 is 0 Å². The summed E-state index contributed by atoms with van der Waals surface area (Å²) in [6, 6.07) is 15.0. The Morgan fingerprint density at radius 3 is 1.88 bits per heavy atom. The molecule has 2 aromatic carbocycles. The predicted octanol–water partition coefficient (Wildman–Crippen LogP) is 8.51. The first-order valence-corrected chi connectivity index (χ1v) is 18.2. The molecule has 0 spiro atoms. The van der Waals surface area contributed by atoms with Gasteiger partial charge in [-0.2, -0.15) is 4.99 Å². The van der Waals surface area contributed by atoms with Gasteiger partial charge in [-0.1, -0.05) is 127 Å². The number of aliphatic imine (C=N–C) groups is 1. The molecule has 0 bridgehead atoms. The molecule has 3 rings (SSSR count). The minimum atomic E-state index is -0.659. The number of hydrogen-bond donors (Lipinski definition) is 2. The molecule has 0 aliphatic carbocycles. The lowest BCUT2D eigenvalue weighted by atomic mass is 10.0. The number of nitrogens with two attached hydrogens (primary N) is 1. The van der Waals surface area contributed by atoms with Crippen LogP contribution in [0.2, 0.25) is 0 Å². The predicted molar refractivity (Wildman–Crippen MR) is 191 cm³/mol. The maximum Gasteiger partial charge on any atom is 0.435 e. The van der Waals surface area contributed by atoms with Gasteiger partial charge in [-0.05, 0) is 43.0 Å². The van der Waals surface area contributed by atoms with E-state index in [9.17, 15) is 14.4 Å². The van der Waals surface area contributed by atoms with Crippen LogP contribution in [0.5, 0.6) is 5.75 Å². The summed E-state index contributed by atoms with van der Waals surface area (Å²) < 4.78 is 16.1. The number of amidine groups is 1. The highest BCUT2D eigenvalue weighted by atomic mass is 16.5. The second kappa shape index (κ2) is 22.6. The van der Waals surface area contributed by atoms with Gasteiger partial charge in [0.2, 0.25) is 5.91 Å². The van der Waals surface area contributed by atoms with Gasteiger partial charge in [0.15, 0.2) is 0 Å². The maximum absolute atomic E-state index is 12.2. The molecule has 1 aliphatic rings. The molecule has 2 atom stereocenters. The first-order valence-electron chi connectivity index (χ1n) is 18.2. The van der Waals surface area contributed by atoms with Crippen LogP contribution in [0.1, 0.15) is 122 Å². The summed E-state index contributed by atoms with van der Waals surface area (Å²) in [4.78, 5) is 40.0. The van der Waals surface area contributed by atoms with Crippen LogP contribution in [0.3, 0.4) is 0 Å². The summed E-state index contributed by atoms with van der Waals surface area (Å²) in [6.45, 7) is 4.99. The summed E-state index contributed by atoms with van der Waals surface area (Å²) in [5.41, 5.74) is 8.69. The number of ether oxygens (including phenoxy) is 3. The third-order valence-corrected chi connectivity index (χ3v) is 8.76. The van der Waals surface area contributed by atoms with Crippen LogP contribution in [0.25, 0.3) is 11.1 Å². The maximum atomic E-state index is 12.2. The highest BCUT2D eigenvalue weighted by Crippen LogP contribution is 2.25. The molecule has 2 amide bonds. The average Bonchev–Trinajstić information content (AvgIpc) is 3.44. The summed E-state index contributed by atoms with van der Waals surface area (Å²) in [5.74, 6) is -0.0714. The Morgan fingerprint density at radius 1 is 0.771 bits per heavy atom. The monoisotopic (exact) mass is 663 g/mol. The zero-order valence-corrected chi connectivity index (χ0v) is 29.2. The zero-order valence-electron chi connectivity index (χ0n) is 29.2. The number of carbonyl (C=O) groups is 3. The lowest BCUT2D eigenvalue weighted by molar-refractivity contribution is -0.145. The van der Waals surface area contributed by atoms with Gasteiger partial charge >= 0.3 is 12.1 Å². The summed E-state index contributed by atoms with van der Waals surface area (Å²) in [5, 5.41) is 2.90. The number of carbonyl (C=O) groups excluding carboxylic acids is 3. The number of esters is 1. The van der Waals surface area contributed by atoms with Crippen molar-refractivity contribution in [3.63, 3.8) is 0 Å². The van der Waals surface area contributed by atoms with E-state index in [1.165, 1.54) is 77.0 Å². The molecule has 0 unspecified atom stereocenters. The fourth-order valence-electron chi connectivity index (χ4n) is 5.96. The number of benzene rings is 2. The van der Waals surface area contributed by atoms with E-state index in [-0.39, 0.29) is 36.1 Å². The van der Waals surface area contributed by atoms with Crippen molar-refractivity contribution in [2.45, 2.75) is 123 Å². The molecule has 9 nitrogen and oxygen atoms in total. The van der Waals surface area contributed by atoms with Gasteiger partial charge in [0.05, 0.1) is 31.6 Å². The standard InChI is InChI=1S/C39H57N3O6/c1-3-5-6-7-8-9-10-11-12-13-14-15-16-17-26-47-39(45)42-37(40)32-20-18-30(19-21-32)31-22-24-35(25-23-31)48-29-34-27-33(38(44)41-34)28-36(43)46-4-2/h18-25,33-34H,3-17,26-29H2,1-2H3,(H,41,44)(H2,40,42,45)/t33-,34-/m0/s1. The van der Waals surface area contributed by atoms with Crippen LogP contribution < -0.4 is 15.8 Å². The fraction of sp³-hybridized carbons (Fsp3) is 0.590. The van der Waals surface area contributed by atoms with Crippen molar-refractivity contribution in [3.05, 3.63) is 54.1 Å². The molecule has 1 aliphatic heterocycles. The fourth-order valence-corrected chi connectivity index (χ4v) is 5.96. The number of nitrogens with zero attached hydrogens (tertiary/aromatic N) is 1. The Balaban J connectivity index is 1.28. The number of hydrogen-bond acceptors (Lipinski definition) is 6. The van der Waals surface area contributed by atoms with E-state index < -0.39 is 6.09 Å². The van der Waals surface area contributed by atoms with E-state index in [0.717, 1.165) is 24.0 Å². The lowest BCUT2D eigenvalue weighted by Crippen LogP contribution is -2.31. The molecule has 264 valence electrons. The van der Waals surface area contributed by atoms with Crippen molar-refractivity contribution in [2.75, 3.05) is 19.8 Å². The summed E-state index contributed by atoms with van der Waals surface area (Å²) >= 11 is 0. The van der Waals surface area contributed by atoms with Crippen molar-refractivity contribution in [2.24, 2.45) is 16.6 Å². The Hall–Kier alpha value is -3.88. The molecule has 0 radical (unpaired) electrons. The highest BCUT2D eigenvalue weighted by molar-refractivity contribution is 6.03. The second-order valence-corrected chi connectivity index (χ2v) is 12.8. The van der Waals surface area contributed by atoms with Crippen molar-refractivity contribution in [1.82, 2.24) is 5.32 Å². The van der Waals surface area contributed by atoms with Gasteiger partial charge in [-0.3, -0.25) is 9.59 Å². The molecule has 1 saturated heterocycles. The molecule has 1 heterocycles. The average molecular weight is 664 g/mol. The Labute approximate surface area is 287 Å². The molecule has 3 N–H and O–H groups in total. The molecular weight excluding hydrogens is 606 g/mol. The van der Waals surface area contributed by atoms with Crippen LogP contribution in [0.15, 0.2) is 53.5 Å². The van der Waals surface area contributed by atoms with Crippen LogP contribution in [-0.2, 0) is 19.1 Å². The Kier molecular flexibility index (Phi) is 18.2. The van der Waals surface area contributed by atoms with Crippen molar-refractivity contribution < 1.29 is 28.6 Å². The number of amides is 2. The molecule has 2 aromatic rings. The first-order chi connectivity index (χ1) is 23.4. The third-order valence-electron chi connectivity index (χ3n) is 8.76. The van der Waals surface area contributed by atoms with E-state index in [0.29, 0.717) is 37.6 Å². The van der Waals surface area contributed by atoms with Crippen LogP contribution in [-0.4, -0.2) is 49.7 Å². The van der Waals surface area contributed by atoms with Gasteiger partial charge in [0.25, 0.3) is 0 Å². The SMILES string of the molecule is CCCCCCCCCCCCCCCCOC(=O)/N=C(\N)c1ccc(-c2ccc(OC[C@@H]3C[C@@H](CC(=O)OCC)C(=O)N3)cc2)cc1. The van der Waals surface area contributed by atoms with Crippen LogP contribution in [0, 0.1) is 5.92 Å². The van der Waals surface area contributed by atoms with Gasteiger partial charge < -0.3 is 25.3 Å². The smallest absolute Gasteiger partial charge is 0.435 e. The topological polar surface area (TPSA) is 129 Å². The molecule has 0 saturated carbocycles. The molecular formula is C39H57N3O6. The Morgan fingerprint density at radius 2 is 1.31 bits per heavy atom. The largest absolute Gasteiger partial charge is 0.491 e. The molecule has 48 heavy (non-hydrogen) atoms. The third kappa shape index (κ3) is 14.9. The van der Waals surface area contributed by atoms with E-state index in [4.69, 9.17) is 19.9 Å². The number of nitrogens with one attached hydrogen (secondary N) is 1. The number of rotatable bonds is 23. The van der Waals surface area contributed by atoms with Gasteiger partial charge in [-0.15, -0.1) is 0 Å². The highest BCUT2D eigenvalue weighted by Gasteiger charge is 2.34. The van der Waals surface area contributed by atoms with Crippen molar-refractivity contribution >= 4 is 23.8 Å². The zero-order chi connectivity index (χ0) is 34.4. The summed E-state index contributed by atoms with van der Waals surface area (Å²) in [6.07, 6.45) is 17.9. The molecule has 1 fully saturated rings. The Bertz CT molecular complexity index is 1260.